The van der Waals surface area contributed by atoms with Crippen molar-refractivity contribution in [1.29, 1.82) is 0 Å². The van der Waals surface area contributed by atoms with Gasteiger partial charge in [0.15, 0.2) is 0 Å². The molecule has 0 aliphatic carbocycles. The van der Waals surface area contributed by atoms with E-state index in [1.807, 2.05) is 0 Å². The molecular formula is C14H22N2OS. The summed E-state index contributed by atoms with van der Waals surface area (Å²) >= 11 is 1.77. The minimum Gasteiger partial charge on any atom is -0.318 e. The van der Waals surface area contributed by atoms with Gasteiger partial charge < -0.3 is 4.90 Å². The second kappa shape index (κ2) is 5.41. The average molecular weight is 266 g/mol. The Morgan fingerprint density at radius 2 is 2.22 bits per heavy atom. The molecule has 1 aliphatic heterocycles. The maximum Gasteiger partial charge on any atom is 0.238 e. The smallest absolute Gasteiger partial charge is 0.238 e. The third kappa shape index (κ3) is 2.45. The van der Waals surface area contributed by atoms with E-state index in [2.05, 4.69) is 50.0 Å². The van der Waals surface area contributed by atoms with Crippen LogP contribution >= 0.6 is 11.3 Å². The molecular weight excluding hydrogens is 244 g/mol. The van der Waals surface area contributed by atoms with Gasteiger partial charge in [0.1, 0.15) is 6.17 Å². The zero-order valence-electron chi connectivity index (χ0n) is 11.6. The van der Waals surface area contributed by atoms with E-state index >= 15 is 0 Å². The Morgan fingerprint density at radius 1 is 1.50 bits per heavy atom. The van der Waals surface area contributed by atoms with E-state index in [1.54, 1.807) is 11.3 Å². The first-order chi connectivity index (χ1) is 8.54. The number of carbonyl (C=O) groups is 1. The number of rotatable bonds is 4. The minimum atomic E-state index is 0.0727. The van der Waals surface area contributed by atoms with Crippen LogP contribution in [0.3, 0.4) is 0 Å². The molecule has 0 spiro atoms. The summed E-state index contributed by atoms with van der Waals surface area (Å²) in [5.74, 6) is 0.717. The number of nitrogens with zero attached hydrogens (tertiary/aromatic N) is 1. The molecule has 1 amide bonds. The van der Waals surface area contributed by atoms with Crippen molar-refractivity contribution in [3.8, 4) is 0 Å². The third-order valence-electron chi connectivity index (χ3n) is 3.59. The van der Waals surface area contributed by atoms with Gasteiger partial charge in [0.25, 0.3) is 0 Å². The van der Waals surface area contributed by atoms with Crippen LogP contribution in [0.15, 0.2) is 12.1 Å². The first-order valence-corrected chi connectivity index (χ1v) is 7.47. The molecule has 0 bridgehead atoms. The Kier molecular flexibility index (Phi) is 4.07. The Hall–Kier alpha value is -0.870. The van der Waals surface area contributed by atoms with Crippen molar-refractivity contribution in [2.24, 2.45) is 5.92 Å². The first-order valence-electron chi connectivity index (χ1n) is 6.65. The normalized spacial score (nSPS) is 21.9. The number of aryl methyl sites for hydroxylation is 1. The van der Waals surface area contributed by atoms with Crippen molar-refractivity contribution in [2.75, 3.05) is 6.54 Å². The minimum absolute atomic E-state index is 0.0727. The van der Waals surface area contributed by atoms with E-state index < -0.39 is 0 Å². The van der Waals surface area contributed by atoms with Crippen molar-refractivity contribution in [2.45, 2.75) is 46.3 Å². The summed E-state index contributed by atoms with van der Waals surface area (Å²) in [6.07, 6.45) is 1.08. The fourth-order valence-electron chi connectivity index (χ4n) is 2.72. The van der Waals surface area contributed by atoms with Crippen LogP contribution in [0, 0.1) is 12.8 Å². The summed E-state index contributed by atoms with van der Waals surface area (Å²) in [6.45, 7) is 9.11. The molecule has 100 valence electrons. The maximum absolute atomic E-state index is 12.1. The molecule has 1 fully saturated rings. The van der Waals surface area contributed by atoms with Gasteiger partial charge in [-0.1, -0.05) is 20.8 Å². The predicted octanol–water partition coefficient (Wildman–Crippen LogP) is 2.92. The highest BCUT2D eigenvalue weighted by molar-refractivity contribution is 7.12. The highest BCUT2D eigenvalue weighted by Crippen LogP contribution is 2.32. The Balaban J connectivity index is 2.27. The lowest BCUT2D eigenvalue weighted by molar-refractivity contribution is -0.131. The fourth-order valence-corrected chi connectivity index (χ4v) is 3.67. The average Bonchev–Trinajstić information content (AvgIpc) is 2.87. The van der Waals surface area contributed by atoms with Gasteiger partial charge in [-0.3, -0.25) is 10.1 Å². The molecule has 3 nitrogen and oxygen atoms in total. The SMILES string of the molecule is CCC(C(C)C)N1C(=O)CNC1c1ccc(C)s1. The quantitative estimate of drug-likeness (QED) is 0.909. The standard InChI is InChI=1S/C14H22N2OS/c1-5-11(9(2)3)16-13(17)8-15-14(16)12-7-6-10(4)18-12/h6-7,9,11,14-15H,5,8H2,1-4H3. The van der Waals surface area contributed by atoms with Gasteiger partial charge in [0, 0.05) is 15.8 Å². The molecule has 1 aliphatic rings. The molecule has 18 heavy (non-hydrogen) atoms. The van der Waals surface area contributed by atoms with E-state index in [-0.39, 0.29) is 12.1 Å². The van der Waals surface area contributed by atoms with Crippen LogP contribution in [0.1, 0.15) is 43.1 Å². The van der Waals surface area contributed by atoms with Crippen LogP contribution in [0.5, 0.6) is 0 Å². The lowest BCUT2D eigenvalue weighted by Crippen LogP contribution is -2.42. The Morgan fingerprint density at radius 3 is 2.72 bits per heavy atom. The highest BCUT2D eigenvalue weighted by Gasteiger charge is 2.37. The zero-order valence-corrected chi connectivity index (χ0v) is 12.4. The summed E-state index contributed by atoms with van der Waals surface area (Å²) in [5, 5.41) is 3.34. The van der Waals surface area contributed by atoms with E-state index in [9.17, 15) is 4.79 Å². The number of nitrogens with one attached hydrogen (secondary N) is 1. The van der Waals surface area contributed by atoms with Gasteiger partial charge in [-0.05, 0) is 31.4 Å². The third-order valence-corrected chi connectivity index (χ3v) is 4.64. The number of hydrogen-bond donors (Lipinski definition) is 1. The lowest BCUT2D eigenvalue weighted by atomic mass is 9.99. The fraction of sp³-hybridized carbons (Fsp3) is 0.643. The molecule has 1 saturated heterocycles. The van der Waals surface area contributed by atoms with Gasteiger partial charge in [-0.15, -0.1) is 11.3 Å². The van der Waals surface area contributed by atoms with E-state index in [4.69, 9.17) is 0 Å². The number of carbonyl (C=O) groups excluding carboxylic acids is 1. The second-order valence-corrected chi connectivity index (χ2v) is 6.57. The molecule has 0 aromatic carbocycles. The molecule has 2 heterocycles. The molecule has 2 rings (SSSR count). The summed E-state index contributed by atoms with van der Waals surface area (Å²) in [4.78, 5) is 16.7. The monoisotopic (exact) mass is 266 g/mol. The van der Waals surface area contributed by atoms with Crippen molar-refractivity contribution < 1.29 is 4.79 Å². The van der Waals surface area contributed by atoms with E-state index in [0.29, 0.717) is 18.5 Å². The van der Waals surface area contributed by atoms with Gasteiger partial charge in [-0.25, -0.2) is 0 Å². The van der Waals surface area contributed by atoms with Crippen LogP contribution < -0.4 is 5.32 Å². The summed E-state index contributed by atoms with van der Waals surface area (Å²) in [7, 11) is 0. The Labute approximate surface area is 113 Å². The zero-order chi connectivity index (χ0) is 13.3. The van der Waals surface area contributed by atoms with Crippen LogP contribution in [0.2, 0.25) is 0 Å². The molecule has 0 saturated carbocycles. The number of hydrogen-bond acceptors (Lipinski definition) is 3. The van der Waals surface area contributed by atoms with Crippen LogP contribution in [0.4, 0.5) is 0 Å². The van der Waals surface area contributed by atoms with Crippen LogP contribution in [-0.4, -0.2) is 23.4 Å². The summed E-state index contributed by atoms with van der Waals surface area (Å²) in [5.41, 5.74) is 0. The largest absolute Gasteiger partial charge is 0.318 e. The summed E-state index contributed by atoms with van der Waals surface area (Å²) in [6, 6.07) is 4.58. The molecule has 1 aromatic rings. The molecule has 4 heteroatoms. The summed E-state index contributed by atoms with van der Waals surface area (Å²) < 4.78 is 0. The van der Waals surface area contributed by atoms with Crippen molar-refractivity contribution in [1.82, 2.24) is 10.2 Å². The van der Waals surface area contributed by atoms with Gasteiger partial charge in [-0.2, -0.15) is 0 Å². The lowest BCUT2D eigenvalue weighted by Gasteiger charge is -2.34. The number of amides is 1. The van der Waals surface area contributed by atoms with Crippen molar-refractivity contribution in [3.05, 3.63) is 21.9 Å². The Bertz CT molecular complexity index is 427. The molecule has 2 atom stereocenters. The van der Waals surface area contributed by atoms with Gasteiger partial charge in [0.2, 0.25) is 5.91 Å². The highest BCUT2D eigenvalue weighted by atomic mass is 32.1. The molecule has 1 N–H and O–H groups in total. The van der Waals surface area contributed by atoms with Crippen molar-refractivity contribution >= 4 is 17.2 Å². The van der Waals surface area contributed by atoms with Crippen molar-refractivity contribution in [3.63, 3.8) is 0 Å². The topological polar surface area (TPSA) is 32.3 Å². The van der Waals surface area contributed by atoms with Crippen LogP contribution in [-0.2, 0) is 4.79 Å². The van der Waals surface area contributed by atoms with Gasteiger partial charge in [0.05, 0.1) is 6.54 Å². The van der Waals surface area contributed by atoms with E-state index in [1.165, 1.54) is 9.75 Å². The van der Waals surface area contributed by atoms with Crippen LogP contribution in [0.25, 0.3) is 0 Å². The predicted molar refractivity (Wildman–Crippen MR) is 75.6 cm³/mol. The first kappa shape index (κ1) is 13.6. The van der Waals surface area contributed by atoms with E-state index in [0.717, 1.165) is 6.42 Å². The molecule has 1 aromatic heterocycles. The van der Waals surface area contributed by atoms with Gasteiger partial charge >= 0.3 is 0 Å². The second-order valence-electron chi connectivity index (χ2n) is 5.25. The number of thiophene rings is 1. The maximum atomic E-state index is 12.1. The molecule has 0 radical (unpaired) electrons. The molecule has 2 unspecified atom stereocenters.